The number of nitrogens with one attached hydrogen (secondary N) is 1. The average molecular weight is 278 g/mol. The van der Waals surface area contributed by atoms with E-state index in [1.165, 1.54) is 32.0 Å². The van der Waals surface area contributed by atoms with Crippen molar-refractivity contribution in [3.63, 3.8) is 0 Å². The van der Waals surface area contributed by atoms with Crippen molar-refractivity contribution >= 4 is 17.3 Å². The van der Waals surface area contributed by atoms with Gasteiger partial charge in [-0.1, -0.05) is 0 Å². The SMILES string of the molecule is CC(=O)c1cc(NC(C#N)=C(C#N)C#N)cc(C(C)=O)c1. The van der Waals surface area contributed by atoms with Crippen LogP contribution in [0.3, 0.4) is 0 Å². The maximum atomic E-state index is 11.5. The summed E-state index contributed by atoms with van der Waals surface area (Å²) in [5.74, 6) is -0.492. The molecule has 0 radical (unpaired) electrons. The Hall–Kier alpha value is -3.43. The summed E-state index contributed by atoms with van der Waals surface area (Å²) in [6, 6.07) is 9.23. The summed E-state index contributed by atoms with van der Waals surface area (Å²) in [7, 11) is 0. The summed E-state index contributed by atoms with van der Waals surface area (Å²) < 4.78 is 0. The van der Waals surface area contributed by atoms with Gasteiger partial charge in [0.25, 0.3) is 0 Å². The van der Waals surface area contributed by atoms with Gasteiger partial charge in [-0.2, -0.15) is 15.8 Å². The molecule has 0 amide bonds. The third-order valence-corrected chi connectivity index (χ3v) is 2.60. The van der Waals surface area contributed by atoms with E-state index < -0.39 is 0 Å². The van der Waals surface area contributed by atoms with E-state index >= 15 is 0 Å². The van der Waals surface area contributed by atoms with E-state index in [4.69, 9.17) is 15.8 Å². The van der Waals surface area contributed by atoms with Gasteiger partial charge in [0.15, 0.2) is 17.1 Å². The van der Waals surface area contributed by atoms with Gasteiger partial charge in [-0.3, -0.25) is 9.59 Å². The molecule has 21 heavy (non-hydrogen) atoms. The maximum absolute atomic E-state index is 11.5. The van der Waals surface area contributed by atoms with Crippen LogP contribution < -0.4 is 5.32 Å². The summed E-state index contributed by atoms with van der Waals surface area (Å²) in [6.45, 7) is 2.69. The maximum Gasteiger partial charge on any atom is 0.163 e. The molecule has 0 unspecified atom stereocenters. The van der Waals surface area contributed by atoms with E-state index in [1.54, 1.807) is 18.2 Å². The topological polar surface area (TPSA) is 118 Å². The molecule has 0 atom stereocenters. The number of Topliss-reactive ketones (excluding diaryl/α,β-unsaturated/α-hetero) is 2. The first-order valence-electron chi connectivity index (χ1n) is 5.81. The van der Waals surface area contributed by atoms with Gasteiger partial charge in [-0.05, 0) is 32.0 Å². The normalized spacial score (nSPS) is 8.71. The fourth-order valence-electron chi connectivity index (χ4n) is 1.53. The van der Waals surface area contributed by atoms with Gasteiger partial charge in [0.1, 0.15) is 23.9 Å². The standard InChI is InChI=1S/C15H10N4O2/c1-9(20)11-3-12(10(2)21)5-14(4-11)19-15(8-18)13(6-16)7-17/h3-5,19H,1-2H3. The lowest BCUT2D eigenvalue weighted by Crippen LogP contribution is -2.05. The number of nitrogens with zero attached hydrogens (tertiary/aromatic N) is 3. The molecule has 1 rings (SSSR count). The number of anilines is 1. The molecule has 0 aliphatic rings. The molecule has 0 aromatic heterocycles. The highest BCUT2D eigenvalue weighted by Crippen LogP contribution is 2.19. The number of hydrogen-bond acceptors (Lipinski definition) is 6. The Morgan fingerprint density at radius 3 is 1.71 bits per heavy atom. The fourth-order valence-corrected chi connectivity index (χ4v) is 1.53. The van der Waals surface area contributed by atoms with Crippen molar-refractivity contribution < 1.29 is 9.59 Å². The van der Waals surface area contributed by atoms with Gasteiger partial charge in [-0.15, -0.1) is 0 Å². The molecule has 0 aliphatic carbocycles. The molecule has 0 aliphatic heterocycles. The first kappa shape index (κ1) is 15.6. The molecular formula is C15H10N4O2. The predicted octanol–water partition coefficient (Wildman–Crippen LogP) is 2.33. The van der Waals surface area contributed by atoms with Gasteiger partial charge in [-0.25, -0.2) is 0 Å². The Balaban J connectivity index is 3.39. The van der Waals surface area contributed by atoms with Gasteiger partial charge in [0.2, 0.25) is 0 Å². The van der Waals surface area contributed by atoms with Crippen LogP contribution in [0.15, 0.2) is 29.5 Å². The molecule has 0 saturated heterocycles. The van der Waals surface area contributed by atoms with Gasteiger partial charge < -0.3 is 5.32 Å². The number of rotatable bonds is 4. The summed E-state index contributed by atoms with van der Waals surface area (Å²) in [5, 5.41) is 29.1. The van der Waals surface area contributed by atoms with E-state index in [-0.39, 0.29) is 39.7 Å². The van der Waals surface area contributed by atoms with Crippen molar-refractivity contribution in [2.24, 2.45) is 0 Å². The molecule has 1 N–H and O–H groups in total. The van der Waals surface area contributed by atoms with Crippen LogP contribution in [0.5, 0.6) is 0 Å². The van der Waals surface area contributed by atoms with Crippen LogP contribution in [0.1, 0.15) is 34.6 Å². The van der Waals surface area contributed by atoms with Crippen molar-refractivity contribution in [1.29, 1.82) is 15.8 Å². The molecule has 102 valence electrons. The minimum absolute atomic E-state index is 0.241. The lowest BCUT2D eigenvalue weighted by molar-refractivity contribution is 0.101. The van der Waals surface area contributed by atoms with Crippen molar-refractivity contribution in [1.82, 2.24) is 0 Å². The van der Waals surface area contributed by atoms with Crippen molar-refractivity contribution in [2.45, 2.75) is 13.8 Å². The Bertz CT molecular complexity index is 722. The van der Waals surface area contributed by atoms with Gasteiger partial charge in [0, 0.05) is 16.8 Å². The number of hydrogen-bond donors (Lipinski definition) is 1. The van der Waals surface area contributed by atoms with Crippen LogP contribution in [0.4, 0.5) is 5.69 Å². The Kier molecular flexibility index (Phi) is 4.95. The first-order chi connectivity index (χ1) is 9.92. The summed E-state index contributed by atoms with van der Waals surface area (Å²) in [4.78, 5) is 22.9. The van der Waals surface area contributed by atoms with Gasteiger partial charge >= 0.3 is 0 Å². The van der Waals surface area contributed by atoms with Crippen LogP contribution >= 0.6 is 0 Å². The minimum Gasteiger partial charge on any atom is -0.345 e. The molecule has 1 aromatic carbocycles. The third kappa shape index (κ3) is 3.76. The van der Waals surface area contributed by atoms with Crippen LogP contribution in [0.25, 0.3) is 0 Å². The second-order valence-electron chi connectivity index (χ2n) is 4.12. The number of ketones is 2. The van der Waals surface area contributed by atoms with Crippen LogP contribution in [-0.2, 0) is 0 Å². The fraction of sp³-hybridized carbons (Fsp3) is 0.133. The molecule has 1 aromatic rings. The smallest absolute Gasteiger partial charge is 0.163 e. The van der Waals surface area contributed by atoms with Crippen LogP contribution in [-0.4, -0.2) is 11.6 Å². The number of benzene rings is 1. The second-order valence-corrected chi connectivity index (χ2v) is 4.12. The molecule has 0 saturated carbocycles. The molecule has 0 heterocycles. The summed E-state index contributed by atoms with van der Waals surface area (Å²) >= 11 is 0. The molecule has 0 fully saturated rings. The largest absolute Gasteiger partial charge is 0.345 e. The monoisotopic (exact) mass is 278 g/mol. The predicted molar refractivity (Wildman–Crippen MR) is 73.9 cm³/mol. The zero-order chi connectivity index (χ0) is 16.0. The molecule has 0 bridgehead atoms. The zero-order valence-electron chi connectivity index (χ0n) is 11.4. The van der Waals surface area contributed by atoms with Crippen molar-refractivity contribution in [3.8, 4) is 18.2 Å². The Labute approximate surface area is 121 Å². The van der Waals surface area contributed by atoms with Crippen LogP contribution in [0.2, 0.25) is 0 Å². The van der Waals surface area contributed by atoms with E-state index in [1.807, 2.05) is 0 Å². The lowest BCUT2D eigenvalue weighted by atomic mass is 10.0. The quantitative estimate of drug-likeness (QED) is 0.667. The molecular weight excluding hydrogens is 268 g/mol. The Morgan fingerprint density at radius 2 is 1.38 bits per heavy atom. The van der Waals surface area contributed by atoms with Gasteiger partial charge in [0.05, 0.1) is 0 Å². The number of nitriles is 3. The number of carbonyl (C=O) groups is 2. The summed E-state index contributed by atoms with van der Waals surface area (Å²) in [5.41, 5.74) is 0.244. The van der Waals surface area contributed by atoms with E-state index in [0.29, 0.717) is 0 Å². The molecule has 6 nitrogen and oxygen atoms in total. The highest BCUT2D eigenvalue weighted by molar-refractivity contribution is 6.01. The summed E-state index contributed by atoms with van der Waals surface area (Å²) in [6.07, 6.45) is 0. The first-order valence-corrected chi connectivity index (χ1v) is 5.81. The van der Waals surface area contributed by atoms with Crippen molar-refractivity contribution in [3.05, 3.63) is 40.6 Å². The van der Waals surface area contributed by atoms with Crippen LogP contribution in [0, 0.1) is 34.0 Å². The lowest BCUT2D eigenvalue weighted by Gasteiger charge is -2.08. The van der Waals surface area contributed by atoms with Crippen molar-refractivity contribution in [2.75, 3.05) is 5.32 Å². The van der Waals surface area contributed by atoms with E-state index in [2.05, 4.69) is 5.32 Å². The molecule has 0 spiro atoms. The zero-order valence-corrected chi connectivity index (χ0v) is 11.4. The minimum atomic E-state index is -0.380. The van der Waals surface area contributed by atoms with E-state index in [0.717, 1.165) is 0 Å². The number of carbonyl (C=O) groups excluding carboxylic acids is 2. The second kappa shape index (κ2) is 6.65. The highest BCUT2D eigenvalue weighted by atomic mass is 16.1. The van der Waals surface area contributed by atoms with E-state index in [9.17, 15) is 9.59 Å². The highest BCUT2D eigenvalue weighted by Gasteiger charge is 2.11. The Morgan fingerprint density at radius 1 is 0.905 bits per heavy atom. The molecule has 6 heteroatoms. The average Bonchev–Trinajstić information content (AvgIpc) is 2.46. The third-order valence-electron chi connectivity index (χ3n) is 2.60. The number of allylic oxidation sites excluding steroid dienone is 2.